The van der Waals surface area contributed by atoms with Gasteiger partial charge in [0.15, 0.2) is 23.1 Å². The van der Waals surface area contributed by atoms with Crippen LogP contribution < -0.4 is 16.0 Å². The van der Waals surface area contributed by atoms with E-state index in [2.05, 4.69) is 46.3 Å². The summed E-state index contributed by atoms with van der Waals surface area (Å²) in [6.07, 6.45) is 12.0. The Hall–Kier alpha value is -7.60. The van der Waals surface area contributed by atoms with E-state index < -0.39 is 52.7 Å². The van der Waals surface area contributed by atoms with Gasteiger partial charge in [-0.25, -0.2) is 4.79 Å². The van der Waals surface area contributed by atoms with Crippen molar-refractivity contribution in [3.63, 3.8) is 0 Å². The van der Waals surface area contributed by atoms with Crippen LogP contribution in [0.5, 0.6) is 0 Å². The molecule has 0 aromatic heterocycles. The molecule has 4 aromatic rings. The topological polar surface area (TPSA) is 229 Å². The largest absolute Gasteiger partial charge is 0.444 e. The van der Waals surface area contributed by atoms with Gasteiger partial charge in [-0.05, 0) is 136 Å². The third-order valence-electron chi connectivity index (χ3n) is 18.3. The fourth-order valence-corrected chi connectivity index (χ4v) is 13.4. The lowest BCUT2D eigenvalue weighted by Gasteiger charge is -2.33. The molecule has 2 aliphatic carbocycles. The number of Topliss-reactive ketones (excluding diaryl/α,β-unsaturated/α-hetero) is 4. The number of benzene rings is 4. The second-order valence-corrected chi connectivity index (χ2v) is 27.3. The lowest BCUT2D eigenvalue weighted by Crippen LogP contribution is -2.52. The van der Waals surface area contributed by atoms with E-state index in [9.17, 15) is 43.2 Å². The molecule has 6 aliphatic rings. The number of hydrogen-bond acceptors (Lipinski definition) is 12. The molecule has 17 nitrogen and oxygen atoms in total. The van der Waals surface area contributed by atoms with Crippen molar-refractivity contribution in [2.75, 3.05) is 33.3 Å². The molecular formula is C75H99ClN6O11. The van der Waals surface area contributed by atoms with E-state index in [-0.39, 0.29) is 98.3 Å². The molecule has 4 heterocycles. The zero-order valence-corrected chi connectivity index (χ0v) is 55.7. The lowest BCUT2D eigenvalue weighted by atomic mass is 9.83. The number of ether oxygens (including phenoxy) is 1. The summed E-state index contributed by atoms with van der Waals surface area (Å²) >= 11 is 0. The second-order valence-electron chi connectivity index (χ2n) is 27.3. The fraction of sp³-hybridized carbons (Fsp3) is 0.507. The molecule has 93 heavy (non-hydrogen) atoms. The summed E-state index contributed by atoms with van der Waals surface area (Å²) in [6.45, 7) is 14.6. The Morgan fingerprint density at radius 2 is 0.925 bits per heavy atom. The minimum absolute atomic E-state index is 0. The molecule has 4 aromatic carbocycles. The van der Waals surface area contributed by atoms with Crippen LogP contribution in [0.4, 0.5) is 4.79 Å². The number of hydrogen-bond donors (Lipinski definition) is 4. The van der Waals surface area contributed by atoms with E-state index in [1.807, 2.05) is 91.0 Å². The number of aliphatic hydroxyl groups is 1. The van der Waals surface area contributed by atoms with Gasteiger partial charge in [0.1, 0.15) is 11.6 Å². The van der Waals surface area contributed by atoms with Gasteiger partial charge < -0.3 is 35.6 Å². The molecule has 0 radical (unpaired) electrons. The van der Waals surface area contributed by atoms with Crippen molar-refractivity contribution < 1.29 is 53.0 Å². The molecule has 0 spiro atoms. The number of nitrogens with zero attached hydrogens (tertiary/aromatic N) is 3. The van der Waals surface area contributed by atoms with Gasteiger partial charge in [0, 0.05) is 65.3 Å². The van der Waals surface area contributed by atoms with Crippen LogP contribution in [0.3, 0.4) is 0 Å². The number of ketones is 4. The van der Waals surface area contributed by atoms with Crippen molar-refractivity contribution >= 4 is 76.4 Å². The monoisotopic (exact) mass is 1290 g/mol. The van der Waals surface area contributed by atoms with E-state index in [1.54, 1.807) is 58.3 Å². The summed E-state index contributed by atoms with van der Waals surface area (Å²) in [5, 5.41) is 16.3. The highest BCUT2D eigenvalue weighted by Crippen LogP contribution is 2.36. The number of halogens is 1. The predicted octanol–water partition coefficient (Wildman–Crippen LogP) is 10.4. The molecule has 6 atom stereocenters. The number of allylic oxidation sites excluding steroid dienone is 2. The van der Waals surface area contributed by atoms with Crippen molar-refractivity contribution in [3.05, 3.63) is 155 Å². The number of nitrogens with one attached hydrogen (secondary N) is 3. The molecule has 0 saturated carbocycles. The normalized spacial score (nSPS) is 19.5. The first kappa shape index (κ1) is 74.4. The molecule has 5 amide bonds. The Morgan fingerprint density at radius 1 is 0.527 bits per heavy atom. The van der Waals surface area contributed by atoms with Crippen LogP contribution in [0, 0.1) is 10.8 Å². The number of amides is 5. The molecule has 4 N–H and O–H groups in total. The number of likely N-dealkylation sites (tertiary alicyclic amines) is 3. The lowest BCUT2D eigenvalue weighted by molar-refractivity contribution is -0.143. The average molecular weight is 1300 g/mol. The molecule has 4 aliphatic heterocycles. The van der Waals surface area contributed by atoms with Crippen molar-refractivity contribution in [1.29, 1.82) is 0 Å². The van der Waals surface area contributed by atoms with Gasteiger partial charge in [0.25, 0.3) is 0 Å². The average Bonchev–Trinajstić information content (AvgIpc) is 1.78. The molecule has 502 valence electrons. The Balaban J connectivity index is 0.000000284. The summed E-state index contributed by atoms with van der Waals surface area (Å²) in [7, 11) is 1.00. The number of carbonyl (C=O) groups is 9. The zero-order valence-electron chi connectivity index (χ0n) is 54.9. The zero-order chi connectivity index (χ0) is 65.6. The highest BCUT2D eigenvalue weighted by atomic mass is 35.5. The van der Waals surface area contributed by atoms with Crippen LogP contribution in [0.2, 0.25) is 0 Å². The van der Waals surface area contributed by atoms with Gasteiger partial charge in [0.2, 0.25) is 23.6 Å². The predicted molar refractivity (Wildman–Crippen MR) is 365 cm³/mol. The molecule has 4 fully saturated rings. The summed E-state index contributed by atoms with van der Waals surface area (Å²) in [5.41, 5.74) is 5.64. The molecule has 10 rings (SSSR count). The Kier molecular flexibility index (Phi) is 26.8. The summed E-state index contributed by atoms with van der Waals surface area (Å²) in [5.74, 6) is -1.38. The molecular weight excluding hydrogens is 1200 g/mol. The number of rotatable bonds is 22. The standard InChI is InChI=1S/C39H49N3O6.C34H41N3O4.CH4O.CH4.ClH/c1-38(2,3)48-37(47)42-22-12-18-32(42)35(45)41-21-11-17-31(41)34(44)25-39(4,5)36(46)40-30(33(43)23-26-13-7-6-8-14-26)24-28-20-19-27-15-9-10-16-29(27)28;1-34(2,22-31(39)29-15-9-19-37(29)32(40)27-14-8-18-35-27)33(41)36-28(30(38)20-23-10-4-3-5-11-23)21-25-17-16-24-12-6-7-13-26(24)25;1-2;;/h6-10,13-16,20,30-32H,11-12,17-19,21-25H2,1-5H3,(H,40,46);3-7,10-13,17,27-29,35H,8-9,14-16,18-22H2,1-2H3,(H,36,41);2H,1H3;1H4;1H/t30?,31-,32-;27-,28?,29-;;;/m00.../s1. The van der Waals surface area contributed by atoms with Gasteiger partial charge in [-0.1, -0.05) is 156 Å². The summed E-state index contributed by atoms with van der Waals surface area (Å²) in [4.78, 5) is 127. The quantitative estimate of drug-likeness (QED) is 0.0576. The van der Waals surface area contributed by atoms with Gasteiger partial charge in [0.05, 0.1) is 41.0 Å². The summed E-state index contributed by atoms with van der Waals surface area (Å²) in [6, 6.07) is 31.8. The van der Waals surface area contributed by atoms with E-state index in [1.165, 1.54) is 16.0 Å². The first-order valence-corrected chi connectivity index (χ1v) is 32.6. The van der Waals surface area contributed by atoms with Crippen LogP contribution in [0.15, 0.2) is 121 Å². The van der Waals surface area contributed by atoms with E-state index in [0.29, 0.717) is 64.6 Å². The molecule has 4 saturated heterocycles. The van der Waals surface area contributed by atoms with Crippen molar-refractivity contribution in [1.82, 2.24) is 30.7 Å². The second kappa shape index (κ2) is 33.5. The number of carbonyl (C=O) groups excluding carboxylic acids is 9. The Labute approximate surface area is 556 Å². The fourth-order valence-electron chi connectivity index (χ4n) is 13.4. The van der Waals surface area contributed by atoms with Crippen LogP contribution in [0.1, 0.15) is 166 Å². The first-order valence-electron chi connectivity index (χ1n) is 32.6. The first-order chi connectivity index (χ1) is 43.5. The Morgan fingerprint density at radius 3 is 1.34 bits per heavy atom. The Bertz CT molecular complexity index is 3350. The SMILES string of the molecule is C.CC(C)(C)OC(=O)N1CCC[C@H]1C(=O)N1CCC[C@H]1C(=O)CC(C)(C)C(=O)NC(CC1=CCc2ccccc21)C(=O)Cc1ccccc1.CC(C)(CC(=O)[C@@H]1CCCN1C(=O)[C@@H]1CCCN1)C(=O)NC(CC1=CCc2ccccc21)C(=O)Cc1ccccc1.CO.Cl. The van der Waals surface area contributed by atoms with Crippen molar-refractivity contribution in [3.8, 4) is 0 Å². The number of aliphatic hydroxyl groups excluding tert-OH is 1. The van der Waals surface area contributed by atoms with Crippen LogP contribution in [0.25, 0.3) is 11.1 Å². The van der Waals surface area contributed by atoms with Crippen LogP contribution >= 0.6 is 12.4 Å². The van der Waals surface area contributed by atoms with Gasteiger partial charge in [-0.3, -0.25) is 43.3 Å². The maximum absolute atomic E-state index is 13.9. The minimum atomic E-state index is -1.13. The van der Waals surface area contributed by atoms with Crippen LogP contribution in [-0.2, 0) is 68.8 Å². The van der Waals surface area contributed by atoms with E-state index in [0.717, 1.165) is 79.2 Å². The van der Waals surface area contributed by atoms with Gasteiger partial charge in [-0.2, -0.15) is 0 Å². The van der Waals surface area contributed by atoms with Gasteiger partial charge in [-0.15, -0.1) is 12.4 Å². The smallest absolute Gasteiger partial charge is 0.410 e. The third-order valence-corrected chi connectivity index (χ3v) is 18.3. The van der Waals surface area contributed by atoms with Crippen molar-refractivity contribution in [2.45, 2.75) is 200 Å². The maximum Gasteiger partial charge on any atom is 0.410 e. The maximum atomic E-state index is 13.9. The van der Waals surface area contributed by atoms with E-state index >= 15 is 0 Å². The highest BCUT2D eigenvalue weighted by molar-refractivity contribution is 5.99. The highest BCUT2D eigenvalue weighted by Gasteiger charge is 2.46. The molecule has 18 heteroatoms. The molecule has 2 unspecified atom stereocenters. The van der Waals surface area contributed by atoms with Gasteiger partial charge >= 0.3 is 6.09 Å². The van der Waals surface area contributed by atoms with Crippen molar-refractivity contribution in [2.24, 2.45) is 10.8 Å². The third kappa shape index (κ3) is 19.3. The molecule has 0 bridgehead atoms. The number of fused-ring (bicyclic) bond motifs is 2. The summed E-state index contributed by atoms with van der Waals surface area (Å²) < 4.78 is 5.55. The van der Waals surface area contributed by atoms with E-state index in [4.69, 9.17) is 9.84 Å². The minimum Gasteiger partial charge on any atom is -0.444 e. The van der Waals surface area contributed by atoms with Crippen LogP contribution in [-0.4, -0.2) is 148 Å².